The Balaban J connectivity index is 0.000000266. The van der Waals surface area contributed by atoms with Gasteiger partial charge in [-0.15, -0.1) is 0 Å². The van der Waals surface area contributed by atoms with Crippen LogP contribution in [0.3, 0.4) is 0 Å². The van der Waals surface area contributed by atoms with Crippen LogP contribution in [0.15, 0.2) is 91.0 Å². The summed E-state index contributed by atoms with van der Waals surface area (Å²) >= 11 is 0. The molecule has 0 amide bonds. The van der Waals surface area contributed by atoms with E-state index in [1.165, 1.54) is 22.8 Å². The zero-order valence-corrected chi connectivity index (χ0v) is 16.6. The molecule has 0 aliphatic carbocycles. The van der Waals surface area contributed by atoms with E-state index in [1.807, 2.05) is 0 Å². The van der Waals surface area contributed by atoms with Gasteiger partial charge in [0.25, 0.3) is 0 Å². The Labute approximate surface area is 165 Å². The van der Waals surface area contributed by atoms with E-state index in [2.05, 4.69) is 91.0 Å². The Kier molecular flexibility index (Phi) is 8.69. The van der Waals surface area contributed by atoms with E-state index in [0.29, 0.717) is 0 Å². The Morgan fingerprint density at radius 1 is 0.714 bits per heavy atom. The Morgan fingerprint density at radius 3 is 1.25 bits per heavy atom. The maximum Gasteiger partial charge on any atom is 0.389 e. The summed E-state index contributed by atoms with van der Waals surface area (Å²) in [6, 6.07) is 32.3. The summed E-state index contributed by atoms with van der Waals surface area (Å²) < 4.78 is 34.1. The van der Waals surface area contributed by atoms with Gasteiger partial charge in [-0.3, -0.25) is 0 Å². The number of halogens is 3. The van der Waals surface area contributed by atoms with Crippen LogP contribution < -0.4 is 15.9 Å². The Morgan fingerprint density at radius 2 is 1.04 bits per heavy atom. The van der Waals surface area contributed by atoms with Crippen LogP contribution in [0.25, 0.3) is 0 Å². The van der Waals surface area contributed by atoms with E-state index < -0.39 is 33.0 Å². The summed E-state index contributed by atoms with van der Waals surface area (Å²) in [6.07, 6.45) is -5.04. The van der Waals surface area contributed by atoms with Crippen LogP contribution in [0.1, 0.15) is 13.3 Å². The van der Waals surface area contributed by atoms with Crippen molar-refractivity contribution in [2.75, 3.05) is 6.61 Å². The van der Waals surface area contributed by atoms with Crippen molar-refractivity contribution < 1.29 is 18.3 Å². The first-order chi connectivity index (χ1) is 13.4. The minimum atomic E-state index is -4.14. The summed E-state index contributed by atoms with van der Waals surface area (Å²) in [5, 5.41) is 12.4. The fourth-order valence-corrected chi connectivity index (χ4v) is 4.94. The van der Waals surface area contributed by atoms with Crippen LogP contribution in [0, 0.1) is 5.92 Å². The predicted octanol–water partition coefficient (Wildman–Crippen LogP) is 5.01. The normalized spacial score (nSPS) is 12.2. The Hall–Kier alpha value is -2.16. The van der Waals surface area contributed by atoms with Crippen LogP contribution in [0.4, 0.5) is 13.2 Å². The molecule has 0 unspecified atom stereocenters. The zero-order valence-electron chi connectivity index (χ0n) is 15.7. The van der Waals surface area contributed by atoms with Gasteiger partial charge in [-0.25, -0.2) is 0 Å². The average Bonchev–Trinajstić information content (AvgIpc) is 2.70. The van der Waals surface area contributed by atoms with Gasteiger partial charge in [0.15, 0.2) is 0 Å². The van der Waals surface area contributed by atoms with Crippen molar-refractivity contribution in [3.8, 4) is 0 Å². The number of alkyl halides is 3. The van der Waals surface area contributed by atoms with Gasteiger partial charge < -0.3 is 5.11 Å². The molecule has 3 aromatic carbocycles. The molecule has 0 saturated heterocycles. The summed E-state index contributed by atoms with van der Waals surface area (Å²) in [6.45, 7) is 0.951. The molecular formula is C23H24F3OP. The average molecular weight is 404 g/mol. The third-order valence-electron chi connectivity index (χ3n) is 3.93. The molecule has 0 saturated carbocycles. The molecule has 148 valence electrons. The van der Waals surface area contributed by atoms with E-state index in [-0.39, 0.29) is 0 Å². The fraction of sp³-hybridized carbons (Fsp3) is 0.217. The van der Waals surface area contributed by atoms with Crippen molar-refractivity contribution in [1.82, 2.24) is 0 Å². The molecule has 0 heterocycles. The van der Waals surface area contributed by atoms with Gasteiger partial charge >= 0.3 is 6.18 Å². The highest BCUT2D eigenvalue weighted by Gasteiger charge is 2.29. The van der Waals surface area contributed by atoms with Crippen LogP contribution in [0.2, 0.25) is 0 Å². The van der Waals surface area contributed by atoms with Crippen LogP contribution in [-0.4, -0.2) is 17.9 Å². The maximum atomic E-state index is 11.4. The first-order valence-electron chi connectivity index (χ1n) is 9.03. The van der Waals surface area contributed by atoms with Crippen molar-refractivity contribution in [2.24, 2.45) is 5.92 Å². The van der Waals surface area contributed by atoms with Gasteiger partial charge in [0.2, 0.25) is 0 Å². The third kappa shape index (κ3) is 7.46. The van der Waals surface area contributed by atoms with E-state index in [9.17, 15) is 13.2 Å². The van der Waals surface area contributed by atoms with Crippen LogP contribution >= 0.6 is 7.92 Å². The molecule has 0 radical (unpaired) electrons. The molecule has 0 bridgehead atoms. The van der Waals surface area contributed by atoms with Crippen LogP contribution in [0.5, 0.6) is 0 Å². The van der Waals surface area contributed by atoms with E-state index in [1.54, 1.807) is 0 Å². The largest absolute Gasteiger partial charge is 0.396 e. The number of benzene rings is 3. The standard InChI is InChI=1S/C18H15P.C5H9F3O/c1-4-10-16(11-5-1)19(17-12-6-2-7-13-17)18-14-8-3-9-15-18;1-4(3-9)2-5(6,7)8/h1-15H;4,9H,2-3H2,1H3/t;4-/m.1/s1. The highest BCUT2D eigenvalue weighted by Crippen LogP contribution is 2.32. The van der Waals surface area contributed by atoms with E-state index in [0.717, 1.165) is 0 Å². The molecule has 0 aromatic heterocycles. The smallest absolute Gasteiger partial charge is 0.389 e. The maximum absolute atomic E-state index is 11.4. The van der Waals surface area contributed by atoms with Crippen molar-refractivity contribution in [3.63, 3.8) is 0 Å². The molecule has 0 aliphatic heterocycles. The molecule has 1 N–H and O–H groups in total. The highest BCUT2D eigenvalue weighted by atomic mass is 31.1. The van der Waals surface area contributed by atoms with Crippen molar-refractivity contribution in [3.05, 3.63) is 91.0 Å². The number of aliphatic hydroxyl groups is 1. The van der Waals surface area contributed by atoms with Crippen molar-refractivity contribution in [1.29, 1.82) is 0 Å². The lowest BCUT2D eigenvalue weighted by atomic mass is 10.1. The van der Waals surface area contributed by atoms with Crippen molar-refractivity contribution in [2.45, 2.75) is 19.5 Å². The van der Waals surface area contributed by atoms with Gasteiger partial charge in [-0.05, 0) is 29.8 Å². The first-order valence-corrected chi connectivity index (χ1v) is 10.4. The second-order valence-electron chi connectivity index (χ2n) is 6.45. The molecule has 1 atom stereocenters. The number of hydrogen-bond donors (Lipinski definition) is 1. The van der Waals surface area contributed by atoms with E-state index in [4.69, 9.17) is 5.11 Å². The topological polar surface area (TPSA) is 20.2 Å². The van der Waals surface area contributed by atoms with Crippen molar-refractivity contribution >= 4 is 23.8 Å². The lowest BCUT2D eigenvalue weighted by Gasteiger charge is -2.18. The molecule has 0 fully saturated rings. The summed E-state index contributed by atoms with van der Waals surface area (Å²) in [4.78, 5) is 0. The molecule has 0 aliphatic rings. The highest BCUT2D eigenvalue weighted by molar-refractivity contribution is 7.79. The Bertz CT molecular complexity index is 698. The number of hydrogen-bond acceptors (Lipinski definition) is 1. The summed E-state index contributed by atoms with van der Waals surface area (Å²) in [5.74, 6) is -0.676. The van der Waals surface area contributed by atoms with Gasteiger partial charge in [-0.2, -0.15) is 13.2 Å². The molecule has 3 rings (SSSR count). The minimum absolute atomic E-state index is 0.403. The molecule has 1 nitrogen and oxygen atoms in total. The predicted molar refractivity (Wildman–Crippen MR) is 112 cm³/mol. The van der Waals surface area contributed by atoms with Gasteiger partial charge in [-0.1, -0.05) is 97.9 Å². The minimum Gasteiger partial charge on any atom is -0.396 e. The lowest BCUT2D eigenvalue weighted by Crippen LogP contribution is -2.20. The molecule has 0 spiro atoms. The van der Waals surface area contributed by atoms with Crippen LogP contribution in [-0.2, 0) is 0 Å². The summed E-state index contributed by atoms with van der Waals surface area (Å²) in [5.41, 5.74) is 0. The monoisotopic (exact) mass is 404 g/mol. The first kappa shape index (κ1) is 22.1. The molecule has 3 aromatic rings. The number of rotatable bonds is 5. The van der Waals surface area contributed by atoms with Gasteiger partial charge in [0.1, 0.15) is 0 Å². The quantitative estimate of drug-likeness (QED) is 0.593. The third-order valence-corrected chi connectivity index (χ3v) is 6.38. The lowest BCUT2D eigenvalue weighted by molar-refractivity contribution is -0.145. The second-order valence-corrected chi connectivity index (χ2v) is 8.67. The molecular weight excluding hydrogens is 380 g/mol. The zero-order chi connectivity index (χ0) is 20.4. The fourth-order valence-electron chi connectivity index (χ4n) is 2.64. The second kappa shape index (κ2) is 11.0. The summed E-state index contributed by atoms with van der Waals surface area (Å²) in [7, 11) is -0.446. The van der Waals surface area contributed by atoms with Gasteiger partial charge in [0, 0.05) is 13.0 Å². The molecule has 5 heteroatoms. The molecule has 28 heavy (non-hydrogen) atoms. The SMILES string of the molecule is C[C@@H](CO)CC(F)(F)F.c1ccc(P(c2ccccc2)c2ccccc2)cc1. The van der Waals surface area contributed by atoms with E-state index >= 15 is 0 Å². The van der Waals surface area contributed by atoms with Gasteiger partial charge in [0.05, 0.1) is 0 Å². The number of aliphatic hydroxyl groups excluding tert-OH is 1.